The topological polar surface area (TPSA) is 69.6 Å². The highest BCUT2D eigenvalue weighted by atomic mass is 16.3. The highest BCUT2D eigenvalue weighted by molar-refractivity contribution is 5.76. The van der Waals surface area contributed by atoms with E-state index in [0.29, 0.717) is 6.42 Å². The minimum Gasteiger partial charge on any atom is -0.394 e. The number of carbonyl (C=O) groups excluding carboxylic acids is 1. The molecule has 1 amide bonds. The molecule has 0 aromatic rings. The summed E-state index contributed by atoms with van der Waals surface area (Å²) in [5.41, 5.74) is 0. The largest absolute Gasteiger partial charge is 0.394 e. The number of nitrogens with one attached hydrogen (secondary N) is 1. The van der Waals surface area contributed by atoms with Crippen LogP contribution in [0.5, 0.6) is 0 Å². The zero-order valence-electron chi connectivity index (χ0n) is 32.3. The van der Waals surface area contributed by atoms with Gasteiger partial charge in [-0.15, -0.1) is 0 Å². The fourth-order valence-corrected chi connectivity index (χ4v) is 6.33. The average molecular weight is 674 g/mol. The Labute approximate surface area is 300 Å². The Kier molecular flexibility index (Phi) is 38.9. The van der Waals surface area contributed by atoms with Crippen LogP contribution in [0.15, 0.2) is 36.5 Å². The lowest BCUT2D eigenvalue weighted by molar-refractivity contribution is -0.123. The van der Waals surface area contributed by atoms with Crippen molar-refractivity contribution in [2.45, 2.75) is 231 Å². The molecule has 0 aliphatic heterocycles. The molecule has 0 saturated heterocycles. The lowest BCUT2D eigenvalue weighted by Crippen LogP contribution is -2.45. The normalized spacial score (nSPS) is 13.3. The number of amides is 1. The maximum Gasteiger partial charge on any atom is 0.220 e. The van der Waals surface area contributed by atoms with Crippen LogP contribution in [0.3, 0.4) is 0 Å². The van der Waals surface area contributed by atoms with Crippen molar-refractivity contribution in [1.29, 1.82) is 0 Å². The third-order valence-corrected chi connectivity index (χ3v) is 9.62. The van der Waals surface area contributed by atoms with Gasteiger partial charge in [0.15, 0.2) is 0 Å². The summed E-state index contributed by atoms with van der Waals surface area (Å²) in [6.45, 7) is 4.30. The van der Waals surface area contributed by atoms with Crippen molar-refractivity contribution >= 4 is 5.91 Å². The van der Waals surface area contributed by atoms with Gasteiger partial charge in [0.25, 0.3) is 0 Å². The molecule has 4 heteroatoms. The maximum atomic E-state index is 12.4. The Hall–Kier alpha value is -1.39. The molecule has 0 bridgehead atoms. The molecule has 0 fully saturated rings. The summed E-state index contributed by atoms with van der Waals surface area (Å²) in [5.74, 6) is -0.0686. The fraction of sp³-hybridized carbons (Fsp3) is 0.841. The Morgan fingerprint density at radius 1 is 0.500 bits per heavy atom. The molecule has 0 radical (unpaired) electrons. The molecule has 3 N–H and O–H groups in total. The van der Waals surface area contributed by atoms with Gasteiger partial charge in [0.05, 0.1) is 18.8 Å². The Morgan fingerprint density at radius 3 is 1.25 bits per heavy atom. The first kappa shape index (κ1) is 46.6. The van der Waals surface area contributed by atoms with Gasteiger partial charge in [-0.3, -0.25) is 4.79 Å². The van der Waals surface area contributed by atoms with Crippen molar-refractivity contribution in [3.8, 4) is 0 Å². The Morgan fingerprint density at radius 2 is 0.854 bits per heavy atom. The molecule has 0 aromatic carbocycles. The quantitative estimate of drug-likeness (QED) is 0.0451. The smallest absolute Gasteiger partial charge is 0.220 e. The van der Waals surface area contributed by atoms with Crippen molar-refractivity contribution in [2.75, 3.05) is 6.61 Å². The molecule has 0 saturated carbocycles. The fourth-order valence-electron chi connectivity index (χ4n) is 6.33. The minimum atomic E-state index is -0.839. The summed E-state index contributed by atoms with van der Waals surface area (Å²) in [6.07, 6.45) is 52.4. The highest BCUT2D eigenvalue weighted by Gasteiger charge is 2.17. The SMILES string of the molecule is CCCCCCC/C=C\C/C=C\CCCCCCCCCCCC(=O)NC(CO)C(O)/C=C/CCCCCCCCCCCCCCC. The highest BCUT2D eigenvalue weighted by Crippen LogP contribution is 2.14. The van der Waals surface area contributed by atoms with Gasteiger partial charge >= 0.3 is 0 Å². The van der Waals surface area contributed by atoms with E-state index < -0.39 is 12.1 Å². The average Bonchev–Trinajstić information content (AvgIpc) is 3.09. The Balaban J connectivity index is 3.58. The number of unbranched alkanes of at least 4 members (excludes halogenated alkanes) is 27. The molecule has 4 nitrogen and oxygen atoms in total. The van der Waals surface area contributed by atoms with Gasteiger partial charge in [0, 0.05) is 6.42 Å². The summed E-state index contributed by atoms with van der Waals surface area (Å²) in [5, 5.41) is 23.0. The zero-order chi connectivity index (χ0) is 35.0. The number of aliphatic hydroxyl groups excluding tert-OH is 2. The second-order valence-electron chi connectivity index (χ2n) is 14.4. The van der Waals surface area contributed by atoms with Gasteiger partial charge in [0.1, 0.15) is 0 Å². The van der Waals surface area contributed by atoms with Crippen molar-refractivity contribution in [2.24, 2.45) is 0 Å². The van der Waals surface area contributed by atoms with Gasteiger partial charge in [0.2, 0.25) is 5.91 Å². The number of hydrogen-bond donors (Lipinski definition) is 3. The molecule has 2 unspecified atom stereocenters. The summed E-state index contributed by atoms with van der Waals surface area (Å²) >= 11 is 0. The zero-order valence-corrected chi connectivity index (χ0v) is 32.3. The van der Waals surface area contributed by atoms with E-state index in [9.17, 15) is 15.0 Å². The third-order valence-electron chi connectivity index (χ3n) is 9.62. The molecular formula is C44H83NO3. The Bertz CT molecular complexity index is 731. The van der Waals surface area contributed by atoms with E-state index in [2.05, 4.69) is 43.5 Å². The van der Waals surface area contributed by atoms with E-state index in [1.165, 1.54) is 167 Å². The number of hydrogen-bond acceptors (Lipinski definition) is 3. The molecule has 0 spiro atoms. The molecule has 282 valence electrons. The van der Waals surface area contributed by atoms with Crippen LogP contribution in [-0.4, -0.2) is 34.9 Å². The molecule has 0 aliphatic rings. The van der Waals surface area contributed by atoms with Crippen LogP contribution in [0.2, 0.25) is 0 Å². The first-order chi connectivity index (χ1) is 23.7. The minimum absolute atomic E-state index is 0.0686. The van der Waals surface area contributed by atoms with Crippen LogP contribution >= 0.6 is 0 Å². The maximum absolute atomic E-state index is 12.4. The van der Waals surface area contributed by atoms with Gasteiger partial charge < -0.3 is 15.5 Å². The molecular weight excluding hydrogens is 590 g/mol. The lowest BCUT2D eigenvalue weighted by atomic mass is 10.0. The van der Waals surface area contributed by atoms with Gasteiger partial charge in [-0.25, -0.2) is 0 Å². The second kappa shape index (κ2) is 40.0. The van der Waals surface area contributed by atoms with Crippen molar-refractivity contribution in [3.63, 3.8) is 0 Å². The van der Waals surface area contributed by atoms with E-state index in [-0.39, 0.29) is 12.5 Å². The molecule has 2 atom stereocenters. The van der Waals surface area contributed by atoms with E-state index in [4.69, 9.17) is 0 Å². The van der Waals surface area contributed by atoms with Crippen molar-refractivity contribution < 1.29 is 15.0 Å². The summed E-state index contributed by atoms with van der Waals surface area (Å²) < 4.78 is 0. The predicted molar refractivity (Wildman–Crippen MR) is 212 cm³/mol. The van der Waals surface area contributed by atoms with E-state index in [1.54, 1.807) is 6.08 Å². The van der Waals surface area contributed by atoms with Gasteiger partial charge in [-0.1, -0.05) is 198 Å². The number of carbonyl (C=O) groups is 1. The third kappa shape index (κ3) is 35.9. The summed E-state index contributed by atoms with van der Waals surface area (Å²) in [4.78, 5) is 12.4. The second-order valence-corrected chi connectivity index (χ2v) is 14.4. The molecule has 48 heavy (non-hydrogen) atoms. The molecule has 0 aromatic heterocycles. The van der Waals surface area contributed by atoms with Gasteiger partial charge in [-0.05, 0) is 51.4 Å². The lowest BCUT2D eigenvalue weighted by Gasteiger charge is -2.20. The van der Waals surface area contributed by atoms with E-state index in [0.717, 1.165) is 32.1 Å². The first-order valence-corrected chi connectivity index (χ1v) is 21.2. The van der Waals surface area contributed by atoms with Crippen LogP contribution in [0.25, 0.3) is 0 Å². The van der Waals surface area contributed by atoms with E-state index >= 15 is 0 Å². The number of aliphatic hydroxyl groups is 2. The molecule has 0 rings (SSSR count). The number of allylic oxidation sites excluding steroid dienone is 5. The van der Waals surface area contributed by atoms with Gasteiger partial charge in [-0.2, -0.15) is 0 Å². The van der Waals surface area contributed by atoms with Crippen LogP contribution < -0.4 is 5.32 Å². The van der Waals surface area contributed by atoms with Crippen LogP contribution in [-0.2, 0) is 4.79 Å². The first-order valence-electron chi connectivity index (χ1n) is 21.2. The van der Waals surface area contributed by atoms with Crippen LogP contribution in [0, 0.1) is 0 Å². The van der Waals surface area contributed by atoms with Crippen molar-refractivity contribution in [1.82, 2.24) is 5.32 Å². The predicted octanol–water partition coefficient (Wildman–Crippen LogP) is 13.0. The van der Waals surface area contributed by atoms with Crippen LogP contribution in [0.1, 0.15) is 219 Å². The summed E-state index contributed by atoms with van der Waals surface area (Å²) in [7, 11) is 0. The monoisotopic (exact) mass is 674 g/mol. The standard InChI is InChI=1S/C44H83NO3/c1-3-5-7-9-11-13-15-17-19-20-21-22-23-24-26-28-30-32-34-36-38-40-44(48)45-42(41-46)43(47)39-37-35-33-31-29-27-25-18-16-14-12-10-8-6-4-2/h15,17,20-21,37,39,42-43,46-47H,3-14,16,18-19,22-36,38,40-41H2,1-2H3,(H,45,48)/b17-15-,21-20-,39-37+. The number of rotatable bonds is 38. The molecule has 0 aliphatic carbocycles. The van der Waals surface area contributed by atoms with Crippen molar-refractivity contribution in [3.05, 3.63) is 36.5 Å². The molecule has 0 heterocycles. The van der Waals surface area contributed by atoms with Crippen LogP contribution in [0.4, 0.5) is 0 Å². The summed E-state index contributed by atoms with van der Waals surface area (Å²) in [6, 6.07) is -0.623. The van der Waals surface area contributed by atoms with E-state index in [1.807, 2.05) is 6.08 Å².